The zero-order valence-electron chi connectivity index (χ0n) is 12.8. The molecule has 0 fully saturated rings. The Bertz CT molecular complexity index is 626. The molecule has 120 valence electrons. The van der Waals surface area contributed by atoms with Gasteiger partial charge in [0.15, 0.2) is 0 Å². The van der Waals surface area contributed by atoms with Gasteiger partial charge in [-0.3, -0.25) is 4.79 Å². The number of methoxy groups -OCH3 is 1. The van der Waals surface area contributed by atoms with Crippen molar-refractivity contribution in [1.82, 2.24) is 9.69 Å². The molecule has 0 spiro atoms. The standard InChI is InChI=1S/C15H19N3O2S.ClH/c1-9-14(10(2)21-18-9)15(19)17-8-12(16)11-6-4-5-7-13(11)20-3;/h4-7,12H,8,16H2,1-3H3,(H,17,19);1H. The van der Waals surface area contributed by atoms with Gasteiger partial charge in [-0.25, -0.2) is 0 Å². The first-order valence-corrected chi connectivity index (χ1v) is 7.41. The molecule has 1 amide bonds. The molecule has 2 aromatic rings. The van der Waals surface area contributed by atoms with Crippen LogP contribution in [0.2, 0.25) is 0 Å². The summed E-state index contributed by atoms with van der Waals surface area (Å²) in [6, 6.07) is 7.22. The lowest BCUT2D eigenvalue weighted by Gasteiger charge is -2.16. The molecule has 0 saturated heterocycles. The molecule has 1 atom stereocenters. The Morgan fingerprint density at radius 1 is 1.41 bits per heavy atom. The normalized spacial score (nSPS) is 11.5. The molecule has 0 saturated carbocycles. The lowest BCUT2D eigenvalue weighted by atomic mass is 10.1. The van der Waals surface area contributed by atoms with Crippen molar-refractivity contribution in [3.8, 4) is 5.75 Å². The van der Waals surface area contributed by atoms with Gasteiger partial charge in [0.05, 0.1) is 24.4 Å². The summed E-state index contributed by atoms with van der Waals surface area (Å²) in [5.41, 5.74) is 8.41. The highest BCUT2D eigenvalue weighted by molar-refractivity contribution is 7.06. The number of aromatic nitrogens is 1. The van der Waals surface area contributed by atoms with E-state index in [0.29, 0.717) is 12.1 Å². The molecule has 0 aliphatic rings. The van der Waals surface area contributed by atoms with Gasteiger partial charge in [0.1, 0.15) is 5.75 Å². The van der Waals surface area contributed by atoms with E-state index >= 15 is 0 Å². The van der Waals surface area contributed by atoms with E-state index in [1.54, 1.807) is 7.11 Å². The van der Waals surface area contributed by atoms with Crippen molar-refractivity contribution >= 4 is 29.8 Å². The predicted molar refractivity (Wildman–Crippen MR) is 91.1 cm³/mol. The van der Waals surface area contributed by atoms with Gasteiger partial charge in [-0.1, -0.05) is 18.2 Å². The van der Waals surface area contributed by atoms with Crippen molar-refractivity contribution in [1.29, 1.82) is 0 Å². The number of carbonyl (C=O) groups is 1. The van der Waals surface area contributed by atoms with Crippen LogP contribution in [0.15, 0.2) is 24.3 Å². The van der Waals surface area contributed by atoms with Crippen molar-refractivity contribution < 1.29 is 9.53 Å². The molecule has 0 aliphatic carbocycles. The Morgan fingerprint density at radius 2 is 2.09 bits per heavy atom. The maximum atomic E-state index is 12.2. The molecule has 5 nitrogen and oxygen atoms in total. The molecular formula is C15H20ClN3O2S. The summed E-state index contributed by atoms with van der Waals surface area (Å²) in [7, 11) is 1.61. The smallest absolute Gasteiger partial charge is 0.254 e. The van der Waals surface area contributed by atoms with Crippen LogP contribution in [0.5, 0.6) is 5.75 Å². The van der Waals surface area contributed by atoms with Crippen molar-refractivity contribution in [2.24, 2.45) is 5.73 Å². The van der Waals surface area contributed by atoms with Crippen LogP contribution in [0.25, 0.3) is 0 Å². The number of ether oxygens (including phenoxy) is 1. The monoisotopic (exact) mass is 341 g/mol. The second-order valence-electron chi connectivity index (χ2n) is 4.76. The number of nitrogens with zero attached hydrogens (tertiary/aromatic N) is 1. The minimum atomic E-state index is -0.322. The average Bonchev–Trinajstić information content (AvgIpc) is 2.83. The van der Waals surface area contributed by atoms with Gasteiger partial charge >= 0.3 is 0 Å². The molecule has 1 aromatic heterocycles. The summed E-state index contributed by atoms with van der Waals surface area (Å²) in [5.74, 6) is 0.591. The molecular weight excluding hydrogens is 322 g/mol. The zero-order valence-corrected chi connectivity index (χ0v) is 14.4. The number of nitrogens with two attached hydrogens (primary N) is 1. The number of amides is 1. The van der Waals surface area contributed by atoms with E-state index < -0.39 is 0 Å². The van der Waals surface area contributed by atoms with Gasteiger partial charge in [-0.2, -0.15) is 4.37 Å². The number of benzene rings is 1. The van der Waals surface area contributed by atoms with Crippen molar-refractivity contribution in [2.45, 2.75) is 19.9 Å². The van der Waals surface area contributed by atoms with E-state index in [0.717, 1.165) is 21.9 Å². The molecule has 0 aliphatic heterocycles. The van der Waals surface area contributed by atoms with Gasteiger partial charge in [-0.05, 0) is 31.4 Å². The highest BCUT2D eigenvalue weighted by Gasteiger charge is 2.17. The quantitative estimate of drug-likeness (QED) is 0.876. The maximum absolute atomic E-state index is 12.2. The van der Waals surface area contributed by atoms with Crippen LogP contribution >= 0.6 is 23.9 Å². The minimum Gasteiger partial charge on any atom is -0.496 e. The second-order valence-corrected chi connectivity index (χ2v) is 5.74. The topological polar surface area (TPSA) is 77.2 Å². The predicted octanol–water partition coefficient (Wildman–Crippen LogP) is 2.62. The highest BCUT2D eigenvalue weighted by atomic mass is 35.5. The summed E-state index contributed by atoms with van der Waals surface area (Å²) >= 11 is 1.33. The maximum Gasteiger partial charge on any atom is 0.254 e. The largest absolute Gasteiger partial charge is 0.496 e. The van der Waals surface area contributed by atoms with Crippen LogP contribution in [0.1, 0.15) is 32.5 Å². The number of aryl methyl sites for hydroxylation is 2. The molecule has 1 aromatic carbocycles. The van der Waals surface area contributed by atoms with Crippen LogP contribution < -0.4 is 15.8 Å². The van der Waals surface area contributed by atoms with Crippen molar-refractivity contribution in [3.63, 3.8) is 0 Å². The number of hydrogen-bond donors (Lipinski definition) is 2. The lowest BCUT2D eigenvalue weighted by molar-refractivity contribution is 0.0950. The van der Waals surface area contributed by atoms with Crippen LogP contribution in [0.4, 0.5) is 0 Å². The zero-order chi connectivity index (χ0) is 15.4. The number of carbonyl (C=O) groups excluding carboxylic acids is 1. The summed E-state index contributed by atoms with van der Waals surface area (Å²) in [4.78, 5) is 13.1. The van der Waals surface area contributed by atoms with Gasteiger partial charge < -0.3 is 15.8 Å². The van der Waals surface area contributed by atoms with Crippen molar-refractivity contribution in [3.05, 3.63) is 46.0 Å². The average molecular weight is 342 g/mol. The third-order valence-electron chi connectivity index (χ3n) is 3.28. The van der Waals surface area contributed by atoms with Crippen LogP contribution in [0.3, 0.4) is 0 Å². The Kier molecular flexibility index (Phi) is 6.80. The number of halogens is 1. The van der Waals surface area contributed by atoms with Crippen LogP contribution in [0, 0.1) is 13.8 Å². The fourth-order valence-corrected chi connectivity index (χ4v) is 2.88. The Morgan fingerprint density at radius 3 is 2.68 bits per heavy atom. The first-order chi connectivity index (χ1) is 10.0. The third-order valence-corrected chi connectivity index (χ3v) is 4.12. The fourth-order valence-electron chi connectivity index (χ4n) is 2.18. The fraction of sp³-hybridized carbons (Fsp3) is 0.333. The number of para-hydroxylation sites is 1. The molecule has 7 heteroatoms. The minimum absolute atomic E-state index is 0. The Balaban J connectivity index is 0.00000242. The number of rotatable bonds is 5. The number of hydrogen-bond acceptors (Lipinski definition) is 5. The molecule has 2 rings (SSSR count). The highest BCUT2D eigenvalue weighted by Crippen LogP contribution is 2.23. The summed E-state index contributed by atoms with van der Waals surface area (Å²) < 4.78 is 9.46. The first-order valence-electron chi connectivity index (χ1n) is 6.64. The molecule has 3 N–H and O–H groups in total. The van der Waals surface area contributed by atoms with Gasteiger partial charge in [0, 0.05) is 17.0 Å². The molecule has 0 bridgehead atoms. The van der Waals surface area contributed by atoms with Gasteiger partial charge in [0.25, 0.3) is 5.91 Å². The van der Waals surface area contributed by atoms with E-state index in [1.165, 1.54) is 11.5 Å². The van der Waals surface area contributed by atoms with Crippen molar-refractivity contribution in [2.75, 3.05) is 13.7 Å². The first kappa shape index (κ1) is 18.4. The van der Waals surface area contributed by atoms with Gasteiger partial charge in [-0.15, -0.1) is 12.4 Å². The Labute approximate surface area is 140 Å². The molecule has 1 unspecified atom stereocenters. The summed E-state index contributed by atoms with van der Waals surface area (Å²) in [6.45, 7) is 4.06. The van der Waals surface area contributed by atoms with E-state index in [2.05, 4.69) is 9.69 Å². The Hall–Kier alpha value is -1.63. The van der Waals surface area contributed by atoms with Crippen LogP contribution in [-0.2, 0) is 0 Å². The second kappa shape index (κ2) is 8.12. The van der Waals surface area contributed by atoms with Gasteiger partial charge in [0.2, 0.25) is 0 Å². The third kappa shape index (κ3) is 3.97. The van der Waals surface area contributed by atoms with E-state index in [-0.39, 0.29) is 24.4 Å². The van der Waals surface area contributed by atoms with Crippen LogP contribution in [-0.4, -0.2) is 23.9 Å². The SMILES string of the molecule is COc1ccccc1C(N)CNC(=O)c1c(C)nsc1C.Cl. The molecule has 22 heavy (non-hydrogen) atoms. The molecule has 1 heterocycles. The van der Waals surface area contributed by atoms with E-state index in [4.69, 9.17) is 10.5 Å². The molecule has 0 radical (unpaired) electrons. The number of nitrogens with one attached hydrogen (secondary N) is 1. The summed E-state index contributed by atoms with van der Waals surface area (Å²) in [6.07, 6.45) is 0. The van der Waals surface area contributed by atoms with E-state index in [1.807, 2.05) is 38.1 Å². The summed E-state index contributed by atoms with van der Waals surface area (Å²) in [5, 5.41) is 2.86. The van der Waals surface area contributed by atoms with E-state index in [9.17, 15) is 4.79 Å². The lowest BCUT2D eigenvalue weighted by Crippen LogP contribution is -2.32.